The summed E-state index contributed by atoms with van der Waals surface area (Å²) in [6, 6.07) is 8.52. The summed E-state index contributed by atoms with van der Waals surface area (Å²) in [7, 11) is 0. The smallest absolute Gasteiger partial charge is 0.239 e. The van der Waals surface area contributed by atoms with Gasteiger partial charge in [-0.25, -0.2) is 4.39 Å². The van der Waals surface area contributed by atoms with Gasteiger partial charge in [-0.3, -0.25) is 0 Å². The molecule has 0 spiro atoms. The van der Waals surface area contributed by atoms with Gasteiger partial charge in [-0.2, -0.15) is 0 Å². The Balaban J connectivity index is 2.43. The van der Waals surface area contributed by atoms with E-state index in [0.717, 1.165) is 0 Å². The Bertz CT molecular complexity index is 928. The third-order valence-electron chi connectivity index (χ3n) is 3.34. The number of nitrogens with zero attached hydrogens (tertiary/aromatic N) is 2. The molecule has 0 aliphatic rings. The minimum atomic E-state index is -0.623. The van der Waals surface area contributed by atoms with Crippen molar-refractivity contribution in [3.63, 3.8) is 0 Å². The maximum atomic E-state index is 14.2. The molecule has 122 valence electrons. The van der Waals surface area contributed by atoms with E-state index < -0.39 is 17.6 Å². The quantitative estimate of drug-likeness (QED) is 0.626. The molecule has 1 aromatic heterocycles. The summed E-state index contributed by atoms with van der Waals surface area (Å²) in [4.78, 5) is 0. The number of hydrogen-bond donors (Lipinski definition) is 2. The van der Waals surface area contributed by atoms with E-state index in [2.05, 4.69) is 10.2 Å². The maximum absolute atomic E-state index is 14.2. The van der Waals surface area contributed by atoms with Crippen molar-refractivity contribution >= 4 is 34.8 Å². The minimum absolute atomic E-state index is 0.0114. The van der Waals surface area contributed by atoms with Gasteiger partial charge in [0, 0.05) is 16.1 Å². The van der Waals surface area contributed by atoms with E-state index in [0.29, 0.717) is 0 Å². The Labute approximate surface area is 151 Å². The van der Waals surface area contributed by atoms with Gasteiger partial charge in [0.2, 0.25) is 11.8 Å². The summed E-state index contributed by atoms with van der Waals surface area (Å²) in [6.07, 6.45) is 0. The van der Waals surface area contributed by atoms with Gasteiger partial charge < -0.3 is 10.2 Å². The Hall–Kier alpha value is -2.08. The zero-order valence-electron chi connectivity index (χ0n) is 11.8. The van der Waals surface area contributed by atoms with E-state index in [1.54, 1.807) is 6.07 Å². The fraction of sp³-hybridized carbons (Fsp3) is 0. The number of aromatic nitrogens is 2. The van der Waals surface area contributed by atoms with Crippen LogP contribution in [-0.4, -0.2) is 20.4 Å². The molecule has 0 aliphatic heterocycles. The molecule has 2 aromatic carbocycles. The highest BCUT2D eigenvalue weighted by molar-refractivity contribution is 6.42. The van der Waals surface area contributed by atoms with Crippen LogP contribution in [-0.2, 0) is 0 Å². The molecule has 24 heavy (non-hydrogen) atoms. The number of rotatable bonds is 2. The molecule has 0 unspecified atom stereocenters. The summed E-state index contributed by atoms with van der Waals surface area (Å²) < 4.78 is 14.2. The third kappa shape index (κ3) is 2.86. The molecule has 1 heterocycles. The predicted octanol–water partition coefficient (Wildman–Crippen LogP) is 5.32. The largest absolute Gasteiger partial charge is 0.492 e. The first kappa shape index (κ1) is 16.8. The molecule has 3 aromatic rings. The van der Waals surface area contributed by atoms with Gasteiger partial charge in [-0.05, 0) is 18.2 Å². The normalized spacial score (nSPS) is 10.8. The van der Waals surface area contributed by atoms with E-state index >= 15 is 0 Å². The highest BCUT2D eigenvalue weighted by Gasteiger charge is 2.25. The van der Waals surface area contributed by atoms with Crippen molar-refractivity contribution in [2.45, 2.75) is 0 Å². The summed E-state index contributed by atoms with van der Waals surface area (Å²) in [6.45, 7) is 0. The summed E-state index contributed by atoms with van der Waals surface area (Å²) >= 11 is 18.3. The zero-order valence-corrected chi connectivity index (χ0v) is 14.0. The van der Waals surface area contributed by atoms with Crippen LogP contribution in [0.3, 0.4) is 0 Å². The Kier molecular flexibility index (Phi) is 4.49. The molecule has 0 amide bonds. The second-order valence-corrected chi connectivity index (χ2v) is 6.07. The van der Waals surface area contributed by atoms with Gasteiger partial charge in [0.1, 0.15) is 5.82 Å². The van der Waals surface area contributed by atoms with Crippen molar-refractivity contribution in [1.29, 1.82) is 0 Å². The number of benzene rings is 2. The van der Waals surface area contributed by atoms with Gasteiger partial charge in [0.05, 0.1) is 21.2 Å². The average Bonchev–Trinajstić information content (AvgIpc) is 2.51. The second-order valence-electron chi connectivity index (χ2n) is 4.82. The first-order valence-corrected chi connectivity index (χ1v) is 7.72. The standard InChI is InChI=1S/C16H8Cl3FN2O2/c17-7-5-9(18)13(10(19)6-7)14-12(15(23)21-22-16(14)24)8-3-1-2-4-11(8)20/h1-6H,(H,21,23)(H,22,24). The molecule has 0 aliphatic carbocycles. The van der Waals surface area contributed by atoms with Crippen molar-refractivity contribution in [3.05, 3.63) is 57.3 Å². The van der Waals surface area contributed by atoms with E-state index in [-0.39, 0.29) is 37.3 Å². The summed E-state index contributed by atoms with van der Waals surface area (Å²) in [5.74, 6) is -1.75. The Morgan fingerprint density at radius 2 is 1.33 bits per heavy atom. The molecule has 0 saturated carbocycles. The van der Waals surface area contributed by atoms with Gasteiger partial charge in [0.15, 0.2) is 0 Å². The highest BCUT2D eigenvalue weighted by atomic mass is 35.5. The minimum Gasteiger partial charge on any atom is -0.492 e. The van der Waals surface area contributed by atoms with E-state index in [1.807, 2.05) is 0 Å². The molecular formula is C16H8Cl3FN2O2. The molecule has 8 heteroatoms. The second kappa shape index (κ2) is 6.43. The third-order valence-corrected chi connectivity index (χ3v) is 4.15. The molecule has 0 bridgehead atoms. The van der Waals surface area contributed by atoms with Crippen LogP contribution < -0.4 is 0 Å². The summed E-state index contributed by atoms with van der Waals surface area (Å²) in [5.41, 5.74) is 0.0481. The molecule has 0 radical (unpaired) electrons. The van der Waals surface area contributed by atoms with Gasteiger partial charge >= 0.3 is 0 Å². The topological polar surface area (TPSA) is 66.2 Å². The number of hydrogen-bond acceptors (Lipinski definition) is 4. The highest BCUT2D eigenvalue weighted by Crippen LogP contribution is 2.47. The van der Waals surface area contributed by atoms with Crippen molar-refractivity contribution in [3.8, 4) is 34.0 Å². The number of halogens is 4. The number of aromatic hydroxyl groups is 2. The van der Waals surface area contributed by atoms with Crippen LogP contribution in [0.2, 0.25) is 15.1 Å². The zero-order chi connectivity index (χ0) is 17.4. The van der Waals surface area contributed by atoms with E-state index in [9.17, 15) is 14.6 Å². The SMILES string of the molecule is Oc1nnc(O)c(-c2c(Cl)cc(Cl)cc2Cl)c1-c1ccccc1F. The van der Waals surface area contributed by atoms with Gasteiger partial charge in [0.25, 0.3) is 0 Å². The van der Waals surface area contributed by atoms with Crippen LogP contribution in [0, 0.1) is 5.82 Å². The van der Waals surface area contributed by atoms with Crippen LogP contribution in [0.25, 0.3) is 22.3 Å². The molecule has 0 saturated heterocycles. The fourth-order valence-electron chi connectivity index (χ4n) is 2.36. The van der Waals surface area contributed by atoms with E-state index in [4.69, 9.17) is 34.8 Å². The molecule has 4 nitrogen and oxygen atoms in total. The maximum Gasteiger partial charge on any atom is 0.239 e. The van der Waals surface area contributed by atoms with Crippen LogP contribution >= 0.6 is 34.8 Å². The summed E-state index contributed by atoms with van der Waals surface area (Å²) in [5, 5.41) is 27.7. The molecule has 0 atom stereocenters. The molecule has 2 N–H and O–H groups in total. The van der Waals surface area contributed by atoms with Gasteiger partial charge in [-0.15, -0.1) is 10.2 Å². The lowest BCUT2D eigenvalue weighted by molar-refractivity contribution is 0.417. The van der Waals surface area contributed by atoms with Crippen molar-refractivity contribution < 1.29 is 14.6 Å². The van der Waals surface area contributed by atoms with Crippen LogP contribution in [0.4, 0.5) is 4.39 Å². The lowest BCUT2D eigenvalue weighted by Crippen LogP contribution is -1.96. The first-order valence-electron chi connectivity index (χ1n) is 6.58. The van der Waals surface area contributed by atoms with Crippen molar-refractivity contribution in [1.82, 2.24) is 10.2 Å². The molecule has 3 rings (SSSR count). The predicted molar refractivity (Wildman–Crippen MR) is 91.2 cm³/mol. The van der Waals surface area contributed by atoms with Crippen molar-refractivity contribution in [2.75, 3.05) is 0 Å². The lowest BCUT2D eigenvalue weighted by Gasteiger charge is -2.15. The molecular weight excluding hydrogens is 378 g/mol. The average molecular weight is 386 g/mol. The Morgan fingerprint density at radius 3 is 1.92 bits per heavy atom. The molecule has 0 fully saturated rings. The fourth-order valence-corrected chi connectivity index (χ4v) is 3.36. The van der Waals surface area contributed by atoms with Crippen LogP contribution in [0.5, 0.6) is 11.8 Å². The van der Waals surface area contributed by atoms with Crippen molar-refractivity contribution in [2.24, 2.45) is 0 Å². The van der Waals surface area contributed by atoms with Gasteiger partial charge in [-0.1, -0.05) is 53.0 Å². The van der Waals surface area contributed by atoms with Crippen LogP contribution in [0.1, 0.15) is 0 Å². The Morgan fingerprint density at radius 1 is 0.792 bits per heavy atom. The lowest BCUT2D eigenvalue weighted by atomic mass is 9.96. The van der Waals surface area contributed by atoms with Crippen LogP contribution in [0.15, 0.2) is 36.4 Å². The van der Waals surface area contributed by atoms with E-state index in [1.165, 1.54) is 30.3 Å². The monoisotopic (exact) mass is 384 g/mol. The first-order chi connectivity index (χ1) is 11.4.